The minimum atomic E-state index is -0.164. The Morgan fingerprint density at radius 2 is 1.91 bits per heavy atom. The fraction of sp³-hybridized carbons (Fsp3) is 0.421. The van der Waals surface area contributed by atoms with Crippen LogP contribution >= 0.6 is 0 Å². The molecule has 3 heteroatoms. The first-order chi connectivity index (χ1) is 10.5. The Bertz CT molecular complexity index is 637. The molecule has 2 nitrogen and oxygen atoms in total. The second-order valence-electron chi connectivity index (χ2n) is 6.02. The van der Waals surface area contributed by atoms with Crippen molar-refractivity contribution in [2.45, 2.75) is 40.2 Å². The van der Waals surface area contributed by atoms with Gasteiger partial charge in [0.1, 0.15) is 5.82 Å². The minimum Gasteiger partial charge on any atom is -0.302 e. The zero-order valence-corrected chi connectivity index (χ0v) is 14.0. The third kappa shape index (κ3) is 4.14. The van der Waals surface area contributed by atoms with E-state index in [1.54, 1.807) is 6.92 Å². The van der Waals surface area contributed by atoms with Crippen molar-refractivity contribution in [2.24, 2.45) is 0 Å². The summed E-state index contributed by atoms with van der Waals surface area (Å²) < 4.78 is 13.4. The molecule has 0 spiro atoms. The first-order valence-corrected chi connectivity index (χ1v) is 7.92. The molecule has 0 radical (unpaired) electrons. The Morgan fingerprint density at radius 3 is 2.59 bits per heavy atom. The molecule has 0 N–H and O–H groups in total. The van der Waals surface area contributed by atoms with Gasteiger partial charge in [-0.3, -0.25) is 4.98 Å². The van der Waals surface area contributed by atoms with Gasteiger partial charge < -0.3 is 4.90 Å². The lowest BCUT2D eigenvalue weighted by Gasteiger charge is -2.18. The molecule has 0 saturated heterocycles. The Morgan fingerprint density at radius 1 is 1.14 bits per heavy atom. The maximum Gasteiger partial charge on any atom is 0.126 e. The molecule has 0 aliphatic carbocycles. The van der Waals surface area contributed by atoms with Crippen LogP contribution in [0.15, 0.2) is 30.5 Å². The monoisotopic (exact) mass is 300 g/mol. The first kappa shape index (κ1) is 16.6. The van der Waals surface area contributed by atoms with Crippen LogP contribution in [0.25, 0.3) is 11.1 Å². The van der Waals surface area contributed by atoms with E-state index in [1.165, 1.54) is 24.5 Å². The van der Waals surface area contributed by atoms with Crippen molar-refractivity contribution < 1.29 is 4.39 Å². The summed E-state index contributed by atoms with van der Waals surface area (Å²) in [6, 6.07) is 7.40. The molecule has 0 aliphatic rings. The summed E-state index contributed by atoms with van der Waals surface area (Å²) in [5, 5.41) is 0. The number of hydrogen-bond acceptors (Lipinski definition) is 2. The van der Waals surface area contributed by atoms with Crippen molar-refractivity contribution in [3.63, 3.8) is 0 Å². The van der Waals surface area contributed by atoms with Gasteiger partial charge in [-0.05, 0) is 68.8 Å². The van der Waals surface area contributed by atoms with Gasteiger partial charge in [0.15, 0.2) is 0 Å². The highest BCUT2D eigenvalue weighted by molar-refractivity contribution is 5.64. The van der Waals surface area contributed by atoms with E-state index in [2.05, 4.69) is 29.9 Å². The van der Waals surface area contributed by atoms with E-state index in [-0.39, 0.29) is 5.82 Å². The standard InChI is InChI=1S/C19H25FN2/c1-5-6-9-22(4)13-18-11-17(12-21-15(18)3)16-7-8-19(20)14(2)10-16/h7-8,10-12H,5-6,9,13H2,1-4H3. The maximum atomic E-state index is 13.4. The number of unbranched alkanes of at least 4 members (excludes halogenated alkanes) is 1. The Balaban J connectivity index is 2.24. The Kier molecular flexibility index (Phi) is 5.67. The number of hydrogen-bond donors (Lipinski definition) is 0. The average Bonchev–Trinajstić information content (AvgIpc) is 2.50. The maximum absolute atomic E-state index is 13.4. The van der Waals surface area contributed by atoms with Gasteiger partial charge in [-0.2, -0.15) is 0 Å². The van der Waals surface area contributed by atoms with Crippen LogP contribution < -0.4 is 0 Å². The smallest absolute Gasteiger partial charge is 0.126 e. The molecular weight excluding hydrogens is 275 g/mol. The van der Waals surface area contributed by atoms with Crippen molar-refractivity contribution in [2.75, 3.05) is 13.6 Å². The highest BCUT2D eigenvalue weighted by Gasteiger charge is 2.08. The molecule has 2 rings (SSSR count). The van der Waals surface area contributed by atoms with Crippen LogP contribution in [0.3, 0.4) is 0 Å². The number of pyridine rings is 1. The largest absolute Gasteiger partial charge is 0.302 e. The zero-order chi connectivity index (χ0) is 16.1. The molecule has 0 bridgehead atoms. The summed E-state index contributed by atoms with van der Waals surface area (Å²) in [6.45, 7) is 8.03. The summed E-state index contributed by atoms with van der Waals surface area (Å²) in [4.78, 5) is 6.85. The number of aryl methyl sites for hydroxylation is 2. The number of rotatable bonds is 6. The van der Waals surface area contributed by atoms with Crippen molar-refractivity contribution in [1.29, 1.82) is 0 Å². The highest BCUT2D eigenvalue weighted by Crippen LogP contribution is 2.23. The Labute approximate surface area is 133 Å². The van der Waals surface area contributed by atoms with Gasteiger partial charge >= 0.3 is 0 Å². The van der Waals surface area contributed by atoms with Crippen LogP contribution in [0.4, 0.5) is 4.39 Å². The van der Waals surface area contributed by atoms with E-state index < -0.39 is 0 Å². The number of aromatic nitrogens is 1. The van der Waals surface area contributed by atoms with Gasteiger partial charge in [0.25, 0.3) is 0 Å². The molecule has 1 heterocycles. The van der Waals surface area contributed by atoms with E-state index >= 15 is 0 Å². The molecular formula is C19H25FN2. The normalized spacial score (nSPS) is 11.2. The summed E-state index contributed by atoms with van der Waals surface area (Å²) in [7, 11) is 2.14. The average molecular weight is 300 g/mol. The fourth-order valence-corrected chi connectivity index (χ4v) is 2.52. The van der Waals surface area contributed by atoms with Crippen molar-refractivity contribution in [3.05, 3.63) is 53.1 Å². The molecule has 1 aromatic carbocycles. The molecule has 22 heavy (non-hydrogen) atoms. The summed E-state index contributed by atoms with van der Waals surface area (Å²) in [5.41, 5.74) is 5.03. The lowest BCUT2D eigenvalue weighted by molar-refractivity contribution is 0.320. The minimum absolute atomic E-state index is 0.164. The van der Waals surface area contributed by atoms with Crippen LogP contribution in [0.1, 0.15) is 36.6 Å². The van der Waals surface area contributed by atoms with Crippen LogP contribution in [-0.2, 0) is 6.54 Å². The van der Waals surface area contributed by atoms with Gasteiger partial charge in [-0.15, -0.1) is 0 Å². The van der Waals surface area contributed by atoms with Crippen LogP contribution in [0.2, 0.25) is 0 Å². The topological polar surface area (TPSA) is 16.1 Å². The molecule has 2 aromatic rings. The molecule has 0 fully saturated rings. The predicted octanol–water partition coefficient (Wildman–Crippen LogP) is 4.74. The molecule has 0 amide bonds. The van der Waals surface area contributed by atoms with Gasteiger partial charge in [0.2, 0.25) is 0 Å². The predicted molar refractivity (Wildman–Crippen MR) is 90.3 cm³/mol. The van der Waals surface area contributed by atoms with E-state index in [4.69, 9.17) is 0 Å². The van der Waals surface area contributed by atoms with E-state index in [9.17, 15) is 4.39 Å². The second kappa shape index (κ2) is 7.50. The van der Waals surface area contributed by atoms with Crippen LogP contribution in [-0.4, -0.2) is 23.5 Å². The third-order valence-electron chi connectivity index (χ3n) is 4.02. The fourth-order valence-electron chi connectivity index (χ4n) is 2.52. The van der Waals surface area contributed by atoms with E-state index in [0.29, 0.717) is 5.56 Å². The lowest BCUT2D eigenvalue weighted by Crippen LogP contribution is -2.19. The number of halogens is 1. The second-order valence-corrected chi connectivity index (χ2v) is 6.02. The zero-order valence-electron chi connectivity index (χ0n) is 14.0. The summed E-state index contributed by atoms with van der Waals surface area (Å²) in [6.07, 6.45) is 4.29. The molecule has 1 aromatic heterocycles. The van der Waals surface area contributed by atoms with Crippen molar-refractivity contribution in [1.82, 2.24) is 9.88 Å². The molecule has 0 unspecified atom stereocenters. The number of benzene rings is 1. The van der Waals surface area contributed by atoms with Crippen LogP contribution in [0, 0.1) is 19.7 Å². The molecule has 0 saturated carbocycles. The molecule has 118 valence electrons. The van der Waals surface area contributed by atoms with Gasteiger partial charge in [0, 0.05) is 24.0 Å². The Hall–Kier alpha value is -1.74. The van der Waals surface area contributed by atoms with Crippen molar-refractivity contribution >= 4 is 0 Å². The van der Waals surface area contributed by atoms with Gasteiger partial charge in [-0.25, -0.2) is 4.39 Å². The lowest BCUT2D eigenvalue weighted by atomic mass is 10.0. The molecule has 0 aliphatic heterocycles. The SMILES string of the molecule is CCCCN(C)Cc1cc(-c2ccc(F)c(C)c2)cnc1C. The summed E-state index contributed by atoms with van der Waals surface area (Å²) in [5.74, 6) is -0.164. The number of nitrogens with zero attached hydrogens (tertiary/aromatic N) is 2. The highest BCUT2D eigenvalue weighted by atomic mass is 19.1. The van der Waals surface area contributed by atoms with Gasteiger partial charge in [0.05, 0.1) is 0 Å². The van der Waals surface area contributed by atoms with Crippen molar-refractivity contribution in [3.8, 4) is 11.1 Å². The first-order valence-electron chi connectivity index (χ1n) is 7.92. The summed E-state index contributed by atoms with van der Waals surface area (Å²) >= 11 is 0. The van der Waals surface area contributed by atoms with Crippen LogP contribution in [0.5, 0.6) is 0 Å². The van der Waals surface area contributed by atoms with E-state index in [0.717, 1.165) is 29.9 Å². The van der Waals surface area contributed by atoms with E-state index in [1.807, 2.05) is 25.3 Å². The third-order valence-corrected chi connectivity index (χ3v) is 4.02. The van der Waals surface area contributed by atoms with Gasteiger partial charge in [-0.1, -0.05) is 19.4 Å². The molecule has 0 atom stereocenters. The quantitative estimate of drug-likeness (QED) is 0.766.